The molecule has 0 aromatic carbocycles. The largest absolute Gasteiger partial charge is 0.337 e. The number of aromatic nitrogens is 3. The van der Waals surface area contributed by atoms with E-state index < -0.39 is 0 Å². The average Bonchev–Trinajstić information content (AvgIpc) is 3.00. The third-order valence-corrected chi connectivity index (χ3v) is 3.76. The minimum Gasteiger partial charge on any atom is -0.337 e. The van der Waals surface area contributed by atoms with Crippen LogP contribution in [0.15, 0.2) is 21.5 Å². The molecule has 0 saturated heterocycles. The lowest BCUT2D eigenvalue weighted by Gasteiger charge is -2.19. The van der Waals surface area contributed by atoms with Crippen LogP contribution in [0.2, 0.25) is 0 Å². The number of carbonyl (C=O) groups excluding carboxylic acids is 1. The van der Waals surface area contributed by atoms with Crippen LogP contribution in [0.4, 0.5) is 0 Å². The van der Waals surface area contributed by atoms with Gasteiger partial charge in [0.1, 0.15) is 12.1 Å². The molecule has 1 amide bonds. The standard InChI is InChI=1S/C16H22N4O3/c1-5-13-17-14(23-18-13)10-19(6-2)15(21)12-9-8-11(4)20(7-3)16(12)22/h8-9H,5-7,10H2,1-4H3. The molecule has 0 aliphatic rings. The zero-order valence-electron chi connectivity index (χ0n) is 14.0. The normalized spacial score (nSPS) is 10.8. The van der Waals surface area contributed by atoms with Gasteiger partial charge in [0, 0.05) is 25.2 Å². The van der Waals surface area contributed by atoms with Crippen LogP contribution in [0.5, 0.6) is 0 Å². The maximum atomic E-state index is 12.7. The van der Waals surface area contributed by atoms with Crippen molar-refractivity contribution in [3.05, 3.63) is 45.5 Å². The highest BCUT2D eigenvalue weighted by atomic mass is 16.5. The number of pyridine rings is 1. The molecule has 0 radical (unpaired) electrons. The molecule has 2 rings (SSSR count). The van der Waals surface area contributed by atoms with Crippen LogP contribution in [0.25, 0.3) is 0 Å². The minimum absolute atomic E-state index is 0.162. The molecule has 0 saturated carbocycles. The first-order chi connectivity index (χ1) is 11.0. The molecule has 0 aliphatic heterocycles. The van der Waals surface area contributed by atoms with Crippen molar-refractivity contribution in [3.8, 4) is 0 Å². The Morgan fingerprint density at radius 1 is 1.30 bits per heavy atom. The van der Waals surface area contributed by atoms with E-state index in [1.165, 1.54) is 4.90 Å². The van der Waals surface area contributed by atoms with Crippen LogP contribution < -0.4 is 5.56 Å². The third kappa shape index (κ3) is 3.49. The first kappa shape index (κ1) is 16.9. The molecule has 7 heteroatoms. The zero-order chi connectivity index (χ0) is 17.0. The van der Waals surface area contributed by atoms with E-state index in [1.54, 1.807) is 16.7 Å². The van der Waals surface area contributed by atoms with E-state index in [0.29, 0.717) is 31.2 Å². The van der Waals surface area contributed by atoms with Crippen molar-refractivity contribution in [2.45, 2.75) is 47.2 Å². The maximum absolute atomic E-state index is 12.7. The van der Waals surface area contributed by atoms with Crippen molar-refractivity contribution >= 4 is 5.91 Å². The molecule has 7 nitrogen and oxygen atoms in total. The molecule has 2 heterocycles. The fourth-order valence-corrected chi connectivity index (χ4v) is 2.39. The number of carbonyl (C=O) groups is 1. The summed E-state index contributed by atoms with van der Waals surface area (Å²) in [6.45, 7) is 8.68. The predicted molar refractivity (Wildman–Crippen MR) is 85.2 cm³/mol. The molecule has 0 aliphatic carbocycles. The van der Waals surface area contributed by atoms with Crippen LogP contribution in [0.3, 0.4) is 0 Å². The fourth-order valence-electron chi connectivity index (χ4n) is 2.39. The third-order valence-electron chi connectivity index (χ3n) is 3.76. The van der Waals surface area contributed by atoms with Gasteiger partial charge in [0.25, 0.3) is 11.5 Å². The highest BCUT2D eigenvalue weighted by Crippen LogP contribution is 2.08. The first-order valence-electron chi connectivity index (χ1n) is 7.82. The van der Waals surface area contributed by atoms with Crippen molar-refractivity contribution < 1.29 is 9.32 Å². The minimum atomic E-state index is -0.323. The average molecular weight is 318 g/mol. The lowest BCUT2D eigenvalue weighted by Crippen LogP contribution is -2.36. The summed E-state index contributed by atoms with van der Waals surface area (Å²) >= 11 is 0. The summed E-state index contributed by atoms with van der Waals surface area (Å²) in [5.41, 5.74) is 0.729. The number of rotatable bonds is 6. The SMILES string of the molecule is CCc1noc(CN(CC)C(=O)c2ccc(C)n(CC)c2=O)n1. The van der Waals surface area contributed by atoms with Gasteiger partial charge in [-0.2, -0.15) is 4.98 Å². The van der Waals surface area contributed by atoms with Crippen molar-refractivity contribution in [1.29, 1.82) is 0 Å². The summed E-state index contributed by atoms with van der Waals surface area (Å²) in [5.74, 6) is 0.656. The van der Waals surface area contributed by atoms with E-state index >= 15 is 0 Å². The van der Waals surface area contributed by atoms with Crippen LogP contribution >= 0.6 is 0 Å². The Hall–Kier alpha value is -2.44. The lowest BCUT2D eigenvalue weighted by atomic mass is 10.2. The summed E-state index contributed by atoms with van der Waals surface area (Å²) in [7, 11) is 0. The maximum Gasteiger partial charge on any atom is 0.263 e. The van der Waals surface area contributed by atoms with Crippen molar-refractivity contribution in [1.82, 2.24) is 19.6 Å². The van der Waals surface area contributed by atoms with Gasteiger partial charge in [0.05, 0.1) is 0 Å². The molecule has 0 unspecified atom stereocenters. The van der Waals surface area contributed by atoms with E-state index in [2.05, 4.69) is 10.1 Å². The molecule has 2 aromatic rings. The van der Waals surface area contributed by atoms with E-state index in [4.69, 9.17) is 4.52 Å². The van der Waals surface area contributed by atoms with Gasteiger partial charge in [-0.05, 0) is 32.9 Å². The van der Waals surface area contributed by atoms with E-state index in [0.717, 1.165) is 5.69 Å². The van der Waals surface area contributed by atoms with Gasteiger partial charge < -0.3 is 14.0 Å². The zero-order valence-corrected chi connectivity index (χ0v) is 14.0. The fraction of sp³-hybridized carbons (Fsp3) is 0.500. The molecule has 0 bridgehead atoms. The Labute approximate surface area is 134 Å². The van der Waals surface area contributed by atoms with Crippen LogP contribution in [0.1, 0.15) is 48.5 Å². The van der Waals surface area contributed by atoms with E-state index in [1.807, 2.05) is 27.7 Å². The molecular weight excluding hydrogens is 296 g/mol. The van der Waals surface area contributed by atoms with Crippen LogP contribution in [0, 0.1) is 6.92 Å². The Morgan fingerprint density at radius 2 is 2.04 bits per heavy atom. The second-order valence-electron chi connectivity index (χ2n) is 5.22. The van der Waals surface area contributed by atoms with Gasteiger partial charge in [-0.25, -0.2) is 0 Å². The van der Waals surface area contributed by atoms with Crippen LogP contribution in [-0.2, 0) is 19.5 Å². The highest BCUT2D eigenvalue weighted by molar-refractivity contribution is 5.93. The molecule has 0 atom stereocenters. The monoisotopic (exact) mass is 318 g/mol. The molecule has 0 fully saturated rings. The topological polar surface area (TPSA) is 81.2 Å². The summed E-state index contributed by atoms with van der Waals surface area (Å²) in [5, 5.41) is 3.82. The number of hydrogen-bond acceptors (Lipinski definition) is 5. The quantitative estimate of drug-likeness (QED) is 0.811. The molecule has 23 heavy (non-hydrogen) atoms. The van der Waals surface area contributed by atoms with Crippen molar-refractivity contribution in [2.75, 3.05) is 6.54 Å². The van der Waals surface area contributed by atoms with E-state index in [-0.39, 0.29) is 23.6 Å². The summed E-state index contributed by atoms with van der Waals surface area (Å²) in [4.78, 5) is 30.9. The van der Waals surface area contributed by atoms with Gasteiger partial charge in [0.15, 0.2) is 5.82 Å². The second kappa shape index (κ2) is 7.21. The number of hydrogen-bond donors (Lipinski definition) is 0. The van der Waals surface area contributed by atoms with E-state index in [9.17, 15) is 9.59 Å². The Bertz CT molecular complexity index is 748. The smallest absolute Gasteiger partial charge is 0.263 e. The Balaban J connectivity index is 2.28. The highest BCUT2D eigenvalue weighted by Gasteiger charge is 2.21. The number of amides is 1. The van der Waals surface area contributed by atoms with Crippen molar-refractivity contribution in [3.63, 3.8) is 0 Å². The molecule has 124 valence electrons. The van der Waals surface area contributed by atoms with Gasteiger partial charge in [-0.1, -0.05) is 12.1 Å². The number of aryl methyl sites for hydroxylation is 2. The Kier molecular flexibility index (Phi) is 5.31. The van der Waals surface area contributed by atoms with Crippen molar-refractivity contribution in [2.24, 2.45) is 0 Å². The van der Waals surface area contributed by atoms with Gasteiger partial charge in [0.2, 0.25) is 5.89 Å². The lowest BCUT2D eigenvalue weighted by molar-refractivity contribution is 0.0732. The molecule has 2 aromatic heterocycles. The summed E-state index contributed by atoms with van der Waals surface area (Å²) in [6.07, 6.45) is 0.669. The molecule has 0 N–H and O–H groups in total. The van der Waals surface area contributed by atoms with Gasteiger partial charge in [-0.3, -0.25) is 9.59 Å². The molecular formula is C16H22N4O3. The second-order valence-corrected chi connectivity index (χ2v) is 5.22. The van der Waals surface area contributed by atoms with Gasteiger partial charge >= 0.3 is 0 Å². The van der Waals surface area contributed by atoms with Gasteiger partial charge in [-0.15, -0.1) is 0 Å². The number of nitrogens with zero attached hydrogens (tertiary/aromatic N) is 4. The summed E-state index contributed by atoms with van der Waals surface area (Å²) in [6, 6.07) is 3.37. The summed E-state index contributed by atoms with van der Waals surface area (Å²) < 4.78 is 6.72. The Morgan fingerprint density at radius 3 is 2.61 bits per heavy atom. The predicted octanol–water partition coefficient (Wildman–Crippen LogP) is 1.78. The van der Waals surface area contributed by atoms with Crippen LogP contribution in [-0.4, -0.2) is 32.1 Å². The molecule has 0 spiro atoms. The first-order valence-corrected chi connectivity index (χ1v) is 7.82.